The van der Waals surface area contributed by atoms with Gasteiger partial charge in [0.2, 0.25) is 0 Å². The minimum Gasteiger partial charge on any atom is -0.493 e. The van der Waals surface area contributed by atoms with Crippen molar-refractivity contribution in [3.63, 3.8) is 0 Å². The molecule has 32 heavy (non-hydrogen) atoms. The smallest absolute Gasteiger partial charge is 0.326 e. The number of hydrogen-bond acceptors (Lipinski definition) is 3. The number of likely N-dealkylation sites (tertiary alicyclic amines) is 1. The van der Waals surface area contributed by atoms with Gasteiger partial charge in [0.05, 0.1) is 6.61 Å². The van der Waals surface area contributed by atoms with Gasteiger partial charge in [0.1, 0.15) is 11.8 Å². The first-order valence-electron chi connectivity index (χ1n) is 10.6. The Balaban J connectivity index is 1.63. The van der Waals surface area contributed by atoms with Crippen molar-refractivity contribution >= 4 is 23.5 Å². The highest BCUT2D eigenvalue weighted by molar-refractivity contribution is 6.33. The number of aliphatic carboxylic acids is 1. The van der Waals surface area contributed by atoms with Crippen molar-refractivity contribution < 1.29 is 19.4 Å². The quantitative estimate of drug-likeness (QED) is 0.530. The fourth-order valence-corrected chi connectivity index (χ4v) is 4.27. The van der Waals surface area contributed by atoms with Crippen molar-refractivity contribution in [2.45, 2.75) is 25.3 Å². The summed E-state index contributed by atoms with van der Waals surface area (Å²) in [6, 6.07) is 21.9. The number of amides is 1. The topological polar surface area (TPSA) is 66.8 Å². The molecule has 1 amide bonds. The molecule has 0 aliphatic carbocycles. The number of ether oxygens (including phenoxy) is 1. The number of carboxylic acid groups (broad SMARTS) is 1. The number of halogens is 1. The summed E-state index contributed by atoms with van der Waals surface area (Å²) in [6.45, 7) is 0.911. The van der Waals surface area contributed by atoms with E-state index < -0.39 is 12.0 Å². The highest BCUT2D eigenvalue weighted by atomic mass is 35.5. The largest absolute Gasteiger partial charge is 0.493 e. The van der Waals surface area contributed by atoms with E-state index in [2.05, 4.69) is 12.1 Å². The predicted molar refractivity (Wildman–Crippen MR) is 124 cm³/mol. The number of carboxylic acids is 1. The van der Waals surface area contributed by atoms with E-state index in [0.717, 1.165) is 12.0 Å². The van der Waals surface area contributed by atoms with E-state index in [1.54, 1.807) is 24.3 Å². The fraction of sp³-hybridized carbons (Fsp3) is 0.231. The van der Waals surface area contributed by atoms with Crippen LogP contribution in [0.1, 0.15) is 28.8 Å². The van der Waals surface area contributed by atoms with E-state index in [4.69, 9.17) is 16.3 Å². The van der Waals surface area contributed by atoms with Gasteiger partial charge in [-0.1, -0.05) is 60.1 Å². The highest BCUT2D eigenvalue weighted by Crippen LogP contribution is 2.36. The second-order valence-corrected chi connectivity index (χ2v) is 8.18. The van der Waals surface area contributed by atoms with E-state index in [1.165, 1.54) is 10.5 Å². The maximum atomic E-state index is 13.1. The SMILES string of the molecule is O=C(O)C1CCCN1C(=O)c1ccc(OCCc2ccccc2)c(-c2ccccc2Cl)c1. The monoisotopic (exact) mass is 449 g/mol. The Bertz CT molecular complexity index is 1120. The summed E-state index contributed by atoms with van der Waals surface area (Å²) in [5.41, 5.74) is 3.06. The summed E-state index contributed by atoms with van der Waals surface area (Å²) in [4.78, 5) is 26.1. The second kappa shape index (κ2) is 9.88. The summed E-state index contributed by atoms with van der Waals surface area (Å²) in [5.74, 6) is -0.635. The standard InChI is InChI=1S/C26H24ClNO4/c27-22-10-5-4-9-20(22)21-17-19(25(29)28-15-6-11-23(28)26(30)31)12-13-24(21)32-16-14-18-7-2-1-3-8-18/h1-5,7-10,12-13,17,23H,6,11,14-16H2,(H,30,31). The molecule has 1 saturated heterocycles. The van der Waals surface area contributed by atoms with Crippen LogP contribution in [0.5, 0.6) is 5.75 Å². The fourth-order valence-electron chi connectivity index (χ4n) is 4.03. The Morgan fingerprint density at radius 2 is 1.75 bits per heavy atom. The van der Waals surface area contributed by atoms with Gasteiger partial charge in [-0.25, -0.2) is 4.79 Å². The average molecular weight is 450 g/mol. The Hall–Kier alpha value is -3.31. The van der Waals surface area contributed by atoms with Gasteiger partial charge in [-0.3, -0.25) is 4.79 Å². The van der Waals surface area contributed by atoms with Gasteiger partial charge >= 0.3 is 5.97 Å². The van der Waals surface area contributed by atoms with Crippen LogP contribution < -0.4 is 4.74 Å². The molecule has 164 valence electrons. The summed E-state index contributed by atoms with van der Waals surface area (Å²) in [6.07, 6.45) is 1.90. The van der Waals surface area contributed by atoms with E-state index >= 15 is 0 Å². The van der Waals surface area contributed by atoms with Crippen molar-refractivity contribution in [2.75, 3.05) is 13.2 Å². The third-order valence-corrected chi connectivity index (χ3v) is 6.01. The molecule has 1 heterocycles. The lowest BCUT2D eigenvalue weighted by molar-refractivity contribution is -0.141. The first-order valence-corrected chi connectivity index (χ1v) is 11.0. The molecular formula is C26H24ClNO4. The third kappa shape index (κ3) is 4.78. The zero-order chi connectivity index (χ0) is 22.5. The molecule has 1 unspecified atom stereocenters. The van der Waals surface area contributed by atoms with Gasteiger partial charge < -0.3 is 14.7 Å². The Labute approximate surface area is 192 Å². The molecule has 1 N–H and O–H groups in total. The van der Waals surface area contributed by atoms with Gasteiger partial charge in [-0.05, 0) is 42.7 Å². The van der Waals surface area contributed by atoms with Crippen molar-refractivity contribution in [3.8, 4) is 16.9 Å². The maximum absolute atomic E-state index is 13.1. The molecule has 1 atom stereocenters. The normalized spacial score (nSPS) is 15.5. The molecule has 0 saturated carbocycles. The van der Waals surface area contributed by atoms with Crippen LogP contribution in [-0.2, 0) is 11.2 Å². The molecule has 0 spiro atoms. The summed E-state index contributed by atoms with van der Waals surface area (Å²) < 4.78 is 6.09. The molecule has 1 aliphatic heterocycles. The molecule has 1 aliphatic rings. The van der Waals surface area contributed by atoms with Crippen LogP contribution >= 0.6 is 11.6 Å². The van der Waals surface area contributed by atoms with Gasteiger partial charge in [0.25, 0.3) is 5.91 Å². The molecule has 0 radical (unpaired) electrons. The zero-order valence-electron chi connectivity index (χ0n) is 17.5. The van der Waals surface area contributed by atoms with Crippen molar-refractivity contribution in [3.05, 3.63) is 88.9 Å². The van der Waals surface area contributed by atoms with Gasteiger partial charge in [-0.15, -0.1) is 0 Å². The first-order chi connectivity index (χ1) is 15.5. The molecule has 0 aromatic heterocycles. The molecular weight excluding hydrogens is 426 g/mol. The van der Waals surface area contributed by atoms with Gasteiger partial charge in [0, 0.05) is 34.7 Å². The van der Waals surface area contributed by atoms with E-state index in [0.29, 0.717) is 47.9 Å². The Morgan fingerprint density at radius 1 is 1.00 bits per heavy atom. The number of nitrogens with zero attached hydrogens (tertiary/aromatic N) is 1. The second-order valence-electron chi connectivity index (χ2n) is 7.77. The van der Waals surface area contributed by atoms with E-state index in [-0.39, 0.29) is 5.91 Å². The van der Waals surface area contributed by atoms with Gasteiger partial charge in [0.15, 0.2) is 0 Å². The predicted octanol–water partition coefficient (Wildman–Crippen LogP) is 5.32. The lowest BCUT2D eigenvalue weighted by Crippen LogP contribution is -2.40. The Morgan fingerprint density at radius 3 is 2.50 bits per heavy atom. The van der Waals surface area contributed by atoms with Crippen molar-refractivity contribution in [2.24, 2.45) is 0 Å². The Kier molecular flexibility index (Phi) is 6.76. The van der Waals surface area contributed by atoms with E-state index in [9.17, 15) is 14.7 Å². The molecule has 0 bridgehead atoms. The van der Waals surface area contributed by atoms with Crippen LogP contribution in [-0.4, -0.2) is 41.1 Å². The van der Waals surface area contributed by atoms with Crippen LogP contribution in [0.25, 0.3) is 11.1 Å². The highest BCUT2D eigenvalue weighted by Gasteiger charge is 2.34. The number of carbonyl (C=O) groups is 2. The number of hydrogen-bond donors (Lipinski definition) is 1. The van der Waals surface area contributed by atoms with Crippen molar-refractivity contribution in [1.82, 2.24) is 4.90 Å². The lowest BCUT2D eigenvalue weighted by atomic mass is 10.0. The van der Waals surface area contributed by atoms with Gasteiger partial charge in [-0.2, -0.15) is 0 Å². The minimum absolute atomic E-state index is 0.293. The third-order valence-electron chi connectivity index (χ3n) is 5.68. The number of carbonyl (C=O) groups excluding carboxylic acids is 1. The van der Waals surface area contributed by atoms with Crippen molar-refractivity contribution in [1.29, 1.82) is 0 Å². The lowest BCUT2D eigenvalue weighted by Gasteiger charge is -2.22. The molecule has 3 aromatic rings. The molecule has 4 rings (SSSR count). The molecule has 3 aromatic carbocycles. The zero-order valence-corrected chi connectivity index (χ0v) is 18.3. The average Bonchev–Trinajstić information content (AvgIpc) is 3.30. The number of rotatable bonds is 7. The first kappa shape index (κ1) is 21.9. The molecule has 6 heteroatoms. The summed E-state index contributed by atoms with van der Waals surface area (Å²) in [7, 11) is 0. The van der Waals surface area contributed by atoms with Crippen LogP contribution in [0.3, 0.4) is 0 Å². The molecule has 5 nitrogen and oxygen atoms in total. The van der Waals surface area contributed by atoms with Crippen LogP contribution in [0.2, 0.25) is 5.02 Å². The van der Waals surface area contributed by atoms with Crippen LogP contribution in [0.15, 0.2) is 72.8 Å². The summed E-state index contributed by atoms with van der Waals surface area (Å²) >= 11 is 6.46. The van der Waals surface area contributed by atoms with Crippen LogP contribution in [0.4, 0.5) is 0 Å². The van der Waals surface area contributed by atoms with Crippen LogP contribution in [0, 0.1) is 0 Å². The van der Waals surface area contributed by atoms with E-state index in [1.807, 2.05) is 36.4 Å². The summed E-state index contributed by atoms with van der Waals surface area (Å²) in [5, 5.41) is 10.0. The minimum atomic E-state index is -0.969. The molecule has 1 fully saturated rings. The number of benzene rings is 3. The maximum Gasteiger partial charge on any atom is 0.326 e.